The summed E-state index contributed by atoms with van der Waals surface area (Å²) in [6.45, 7) is -0.228. The topological polar surface area (TPSA) is 95.9 Å². The Morgan fingerprint density at radius 2 is 2.05 bits per heavy atom. The highest BCUT2D eigenvalue weighted by Gasteiger charge is 2.18. The van der Waals surface area contributed by atoms with Crippen LogP contribution < -0.4 is 10.1 Å². The number of para-hydroxylation sites is 1. The fraction of sp³-hybridized carbons (Fsp3) is 0.385. The molecule has 6 nitrogen and oxygen atoms in total. The van der Waals surface area contributed by atoms with E-state index in [0.29, 0.717) is 10.8 Å². The molecule has 0 aliphatic rings. The molecule has 7 heteroatoms. The third-order valence-corrected chi connectivity index (χ3v) is 2.79. The first-order valence-electron chi connectivity index (χ1n) is 6.05. The number of hydrogen-bond donors (Lipinski definition) is 3. The number of hydrogen-bond acceptors (Lipinski definition) is 4. The fourth-order valence-electron chi connectivity index (χ4n) is 1.47. The summed E-state index contributed by atoms with van der Waals surface area (Å²) in [5.74, 6) is -1.18. The lowest BCUT2D eigenvalue weighted by Crippen LogP contribution is -2.41. The maximum absolute atomic E-state index is 11.5. The molecular weight excluding hydrogens is 286 g/mol. The Hall–Kier alpha value is -1.79. The van der Waals surface area contributed by atoms with E-state index in [4.69, 9.17) is 26.6 Å². The smallest absolute Gasteiger partial charge is 0.326 e. The van der Waals surface area contributed by atoms with Crippen LogP contribution in [0.15, 0.2) is 24.3 Å². The van der Waals surface area contributed by atoms with E-state index in [1.54, 1.807) is 24.3 Å². The van der Waals surface area contributed by atoms with E-state index in [9.17, 15) is 9.59 Å². The van der Waals surface area contributed by atoms with Crippen molar-refractivity contribution >= 4 is 23.5 Å². The zero-order valence-electron chi connectivity index (χ0n) is 10.7. The Morgan fingerprint density at radius 3 is 2.65 bits per heavy atom. The van der Waals surface area contributed by atoms with Gasteiger partial charge in [-0.1, -0.05) is 23.7 Å². The number of benzene rings is 1. The first kappa shape index (κ1) is 16.3. The number of ether oxygens (including phenoxy) is 1. The Labute approximate surface area is 121 Å². The van der Waals surface area contributed by atoms with Gasteiger partial charge in [0.25, 0.3) is 0 Å². The van der Waals surface area contributed by atoms with Crippen molar-refractivity contribution in [2.24, 2.45) is 0 Å². The molecule has 0 saturated carbocycles. The van der Waals surface area contributed by atoms with Crippen LogP contribution in [0.5, 0.6) is 5.75 Å². The minimum absolute atomic E-state index is 0.000428. The van der Waals surface area contributed by atoms with E-state index in [1.165, 1.54) is 0 Å². The molecule has 1 unspecified atom stereocenters. The minimum Gasteiger partial charge on any atom is -0.491 e. The Bertz CT molecular complexity index is 466. The molecule has 1 aromatic carbocycles. The van der Waals surface area contributed by atoms with Crippen molar-refractivity contribution in [1.82, 2.24) is 5.32 Å². The first-order chi connectivity index (χ1) is 9.54. The Kier molecular flexibility index (Phi) is 6.83. The maximum Gasteiger partial charge on any atom is 0.326 e. The molecule has 0 bridgehead atoms. The highest BCUT2D eigenvalue weighted by molar-refractivity contribution is 6.32. The van der Waals surface area contributed by atoms with Crippen LogP contribution in [0.25, 0.3) is 0 Å². The molecule has 0 spiro atoms. The average Bonchev–Trinajstić information content (AvgIpc) is 2.40. The minimum atomic E-state index is -1.18. The van der Waals surface area contributed by atoms with E-state index in [1.807, 2.05) is 0 Å². The number of carbonyl (C=O) groups excluding carboxylic acids is 1. The zero-order valence-corrected chi connectivity index (χ0v) is 11.5. The number of aliphatic hydroxyl groups excluding tert-OH is 1. The molecule has 0 heterocycles. The summed E-state index contributed by atoms with van der Waals surface area (Å²) in [6.07, 6.45) is -0.0348. The second-order valence-electron chi connectivity index (χ2n) is 4.00. The SMILES string of the molecule is O=C(CCOc1ccccc1Cl)NC(CCO)C(=O)O. The molecule has 1 rings (SSSR count). The molecule has 1 atom stereocenters. The molecule has 0 radical (unpaired) electrons. The molecular formula is C13H16ClNO5. The van der Waals surface area contributed by atoms with E-state index in [2.05, 4.69) is 5.32 Å². The van der Waals surface area contributed by atoms with E-state index in [-0.39, 0.29) is 26.1 Å². The average molecular weight is 302 g/mol. The monoisotopic (exact) mass is 301 g/mol. The zero-order chi connectivity index (χ0) is 15.0. The van der Waals surface area contributed by atoms with Gasteiger partial charge < -0.3 is 20.3 Å². The third-order valence-electron chi connectivity index (χ3n) is 2.47. The summed E-state index contributed by atoms with van der Waals surface area (Å²) < 4.78 is 5.32. The van der Waals surface area contributed by atoms with Crippen LogP contribution in [0.3, 0.4) is 0 Å². The van der Waals surface area contributed by atoms with Gasteiger partial charge in [-0.25, -0.2) is 4.79 Å². The van der Waals surface area contributed by atoms with Crippen LogP contribution in [-0.2, 0) is 9.59 Å². The quantitative estimate of drug-likeness (QED) is 0.667. The number of nitrogens with one attached hydrogen (secondary N) is 1. The van der Waals surface area contributed by atoms with Gasteiger partial charge in [0.15, 0.2) is 0 Å². The first-order valence-corrected chi connectivity index (χ1v) is 6.42. The number of carbonyl (C=O) groups is 2. The van der Waals surface area contributed by atoms with E-state index < -0.39 is 17.9 Å². The van der Waals surface area contributed by atoms with Crippen LogP contribution in [0.2, 0.25) is 5.02 Å². The van der Waals surface area contributed by atoms with Gasteiger partial charge in [0.2, 0.25) is 5.91 Å². The maximum atomic E-state index is 11.5. The molecule has 1 amide bonds. The van der Waals surface area contributed by atoms with Crippen LogP contribution in [-0.4, -0.2) is 41.3 Å². The summed E-state index contributed by atoms with van der Waals surface area (Å²) in [6, 6.07) is 5.76. The van der Waals surface area contributed by atoms with E-state index >= 15 is 0 Å². The highest BCUT2D eigenvalue weighted by atomic mass is 35.5. The number of carboxylic acids is 1. The lowest BCUT2D eigenvalue weighted by Gasteiger charge is -2.13. The van der Waals surface area contributed by atoms with Gasteiger partial charge in [-0.05, 0) is 12.1 Å². The van der Waals surface area contributed by atoms with Crippen molar-refractivity contribution in [3.8, 4) is 5.75 Å². The van der Waals surface area contributed by atoms with Gasteiger partial charge in [-0.2, -0.15) is 0 Å². The molecule has 0 aliphatic carbocycles. The van der Waals surface area contributed by atoms with Crippen LogP contribution >= 0.6 is 11.6 Å². The number of halogens is 1. The second-order valence-corrected chi connectivity index (χ2v) is 4.41. The largest absolute Gasteiger partial charge is 0.491 e. The molecule has 110 valence electrons. The van der Waals surface area contributed by atoms with Crippen molar-refractivity contribution < 1.29 is 24.5 Å². The molecule has 0 fully saturated rings. The lowest BCUT2D eigenvalue weighted by molar-refractivity contribution is -0.142. The molecule has 1 aromatic rings. The van der Waals surface area contributed by atoms with Gasteiger partial charge in [0, 0.05) is 13.0 Å². The van der Waals surface area contributed by atoms with Crippen LogP contribution in [0.1, 0.15) is 12.8 Å². The lowest BCUT2D eigenvalue weighted by atomic mass is 10.2. The van der Waals surface area contributed by atoms with Crippen molar-refractivity contribution in [2.75, 3.05) is 13.2 Å². The summed E-state index contributed by atoms with van der Waals surface area (Å²) in [7, 11) is 0. The van der Waals surface area contributed by atoms with Crippen molar-refractivity contribution in [2.45, 2.75) is 18.9 Å². The summed E-state index contributed by atoms with van der Waals surface area (Å²) >= 11 is 5.88. The Morgan fingerprint density at radius 1 is 1.35 bits per heavy atom. The number of aliphatic carboxylic acids is 1. The van der Waals surface area contributed by atoms with Gasteiger partial charge in [0.05, 0.1) is 18.1 Å². The summed E-state index contributed by atoms with van der Waals surface area (Å²) in [4.78, 5) is 22.3. The van der Waals surface area contributed by atoms with Gasteiger partial charge in [0.1, 0.15) is 11.8 Å². The summed E-state index contributed by atoms with van der Waals surface area (Å²) in [5, 5.41) is 20.3. The van der Waals surface area contributed by atoms with Crippen molar-refractivity contribution in [1.29, 1.82) is 0 Å². The number of amides is 1. The predicted molar refractivity (Wildman–Crippen MR) is 72.8 cm³/mol. The van der Waals surface area contributed by atoms with Crippen molar-refractivity contribution in [3.05, 3.63) is 29.3 Å². The Balaban J connectivity index is 2.36. The van der Waals surface area contributed by atoms with Gasteiger partial charge in [-0.15, -0.1) is 0 Å². The number of rotatable bonds is 8. The standard InChI is InChI=1S/C13H16ClNO5/c14-9-3-1-2-4-11(9)20-8-6-12(17)15-10(5-7-16)13(18)19/h1-4,10,16H,5-8H2,(H,15,17)(H,18,19). The van der Waals surface area contributed by atoms with Crippen LogP contribution in [0, 0.1) is 0 Å². The molecule has 0 saturated heterocycles. The fourth-order valence-corrected chi connectivity index (χ4v) is 1.66. The highest BCUT2D eigenvalue weighted by Crippen LogP contribution is 2.22. The van der Waals surface area contributed by atoms with E-state index in [0.717, 1.165) is 0 Å². The molecule has 0 aromatic heterocycles. The van der Waals surface area contributed by atoms with Crippen LogP contribution in [0.4, 0.5) is 0 Å². The molecule has 20 heavy (non-hydrogen) atoms. The molecule has 3 N–H and O–H groups in total. The van der Waals surface area contributed by atoms with Crippen molar-refractivity contribution in [3.63, 3.8) is 0 Å². The number of aliphatic hydroxyl groups is 1. The second kappa shape index (κ2) is 8.39. The number of carboxylic acid groups (broad SMARTS) is 1. The molecule has 0 aliphatic heterocycles. The normalized spacial score (nSPS) is 11.7. The van der Waals surface area contributed by atoms with Gasteiger partial charge >= 0.3 is 5.97 Å². The summed E-state index contributed by atoms with van der Waals surface area (Å²) in [5.41, 5.74) is 0. The van der Waals surface area contributed by atoms with Gasteiger partial charge in [-0.3, -0.25) is 4.79 Å². The third kappa shape index (κ3) is 5.46. The predicted octanol–water partition coefficient (Wildman–Crippen LogP) is 1.06.